The topological polar surface area (TPSA) is 107 Å². The number of hydrogen-bond acceptors (Lipinski definition) is 7. The van der Waals surface area contributed by atoms with Crippen LogP contribution in [0.5, 0.6) is 0 Å². The Labute approximate surface area is 199 Å². The van der Waals surface area contributed by atoms with Gasteiger partial charge in [0.05, 0.1) is 23.1 Å². The highest BCUT2D eigenvalue weighted by Gasteiger charge is 2.38. The fourth-order valence-corrected chi connectivity index (χ4v) is 5.37. The number of benzene rings is 2. The van der Waals surface area contributed by atoms with Gasteiger partial charge >= 0.3 is 17.6 Å². The van der Waals surface area contributed by atoms with Gasteiger partial charge in [-0.15, -0.1) is 11.8 Å². The van der Waals surface area contributed by atoms with Crippen LogP contribution in [0.1, 0.15) is 38.1 Å². The minimum Gasteiger partial charge on any atom is -0.462 e. The summed E-state index contributed by atoms with van der Waals surface area (Å²) in [4.78, 5) is 51.4. The second-order valence-electron chi connectivity index (χ2n) is 8.03. The standard InChI is InChI=1S/C25H24N2O6S/c1-16-13-27(25(31)26-22(16)28)21-12-19(14-32-23(29)17-8-4-2-5-9-17)20(34-21)15-33-24(30)18-10-6-3-7-11-18/h2-11,13,19-21H,12,14-15H2,1H3,(H,26,28,31)/t19-,20-,21-/m1/s1. The predicted octanol–water partition coefficient (Wildman–Crippen LogP) is 3.18. The van der Waals surface area contributed by atoms with E-state index in [-0.39, 0.29) is 29.8 Å². The maximum Gasteiger partial charge on any atom is 0.338 e. The first-order valence-corrected chi connectivity index (χ1v) is 11.8. The van der Waals surface area contributed by atoms with Crippen LogP contribution in [0, 0.1) is 12.8 Å². The number of thioether (sulfide) groups is 1. The molecule has 4 rings (SSSR count). The summed E-state index contributed by atoms with van der Waals surface area (Å²) >= 11 is 1.46. The third-order valence-electron chi connectivity index (χ3n) is 5.64. The lowest BCUT2D eigenvalue weighted by Gasteiger charge is -2.18. The molecule has 0 saturated carbocycles. The molecule has 0 radical (unpaired) electrons. The molecular weight excluding hydrogens is 456 g/mol. The molecule has 0 amide bonds. The molecule has 1 aliphatic heterocycles. The molecule has 0 aliphatic carbocycles. The number of hydrogen-bond donors (Lipinski definition) is 1. The number of rotatable bonds is 7. The third kappa shape index (κ3) is 5.48. The SMILES string of the molecule is Cc1cn([C@H]2C[C@H](COC(=O)c3ccccc3)[C@@H](COC(=O)c3ccccc3)S2)c(=O)[nH]c1=O. The van der Waals surface area contributed by atoms with Crippen molar-refractivity contribution in [3.05, 3.63) is 104 Å². The molecule has 1 N–H and O–H groups in total. The number of H-pyrrole nitrogens is 1. The number of nitrogens with zero attached hydrogens (tertiary/aromatic N) is 1. The molecule has 34 heavy (non-hydrogen) atoms. The summed E-state index contributed by atoms with van der Waals surface area (Å²) in [6.07, 6.45) is 2.04. The molecule has 1 aliphatic rings. The monoisotopic (exact) mass is 480 g/mol. The van der Waals surface area contributed by atoms with Crippen molar-refractivity contribution in [1.29, 1.82) is 0 Å². The van der Waals surface area contributed by atoms with Gasteiger partial charge in [0.25, 0.3) is 5.56 Å². The van der Waals surface area contributed by atoms with E-state index in [0.717, 1.165) is 0 Å². The van der Waals surface area contributed by atoms with E-state index < -0.39 is 23.2 Å². The zero-order valence-corrected chi connectivity index (χ0v) is 19.3. The Bertz CT molecular complexity index is 1210. The van der Waals surface area contributed by atoms with Gasteiger partial charge in [-0.1, -0.05) is 36.4 Å². The molecule has 8 nitrogen and oxygen atoms in total. The molecule has 2 aromatic carbocycles. The Morgan fingerprint density at radius 2 is 1.50 bits per heavy atom. The average Bonchev–Trinajstić information content (AvgIpc) is 3.27. The van der Waals surface area contributed by atoms with Gasteiger partial charge in [0, 0.05) is 22.9 Å². The molecule has 1 aromatic heterocycles. The van der Waals surface area contributed by atoms with Gasteiger partial charge in [-0.05, 0) is 37.6 Å². The van der Waals surface area contributed by atoms with E-state index in [0.29, 0.717) is 23.1 Å². The van der Waals surface area contributed by atoms with Crippen LogP contribution in [-0.2, 0) is 9.47 Å². The molecule has 1 saturated heterocycles. The smallest absolute Gasteiger partial charge is 0.338 e. The molecule has 1 fully saturated rings. The Morgan fingerprint density at radius 1 is 0.941 bits per heavy atom. The maximum absolute atomic E-state index is 12.4. The van der Waals surface area contributed by atoms with E-state index in [1.807, 2.05) is 12.1 Å². The Morgan fingerprint density at radius 3 is 2.09 bits per heavy atom. The number of ether oxygens (including phenoxy) is 2. The first-order chi connectivity index (χ1) is 16.4. The molecule has 3 atom stereocenters. The molecule has 3 aromatic rings. The van der Waals surface area contributed by atoms with Crippen molar-refractivity contribution in [2.24, 2.45) is 5.92 Å². The minimum atomic E-state index is -0.505. The maximum atomic E-state index is 12.4. The number of carbonyl (C=O) groups excluding carboxylic acids is 2. The highest BCUT2D eigenvalue weighted by atomic mass is 32.2. The first kappa shape index (κ1) is 23.6. The van der Waals surface area contributed by atoms with E-state index >= 15 is 0 Å². The number of carbonyl (C=O) groups is 2. The zero-order valence-electron chi connectivity index (χ0n) is 18.5. The lowest BCUT2D eigenvalue weighted by molar-refractivity contribution is 0.0365. The Hall–Kier alpha value is -3.59. The van der Waals surface area contributed by atoms with Crippen molar-refractivity contribution in [2.75, 3.05) is 13.2 Å². The summed E-state index contributed by atoms with van der Waals surface area (Å²) < 4.78 is 12.6. The summed E-state index contributed by atoms with van der Waals surface area (Å²) in [5, 5.41) is -0.510. The Balaban J connectivity index is 1.49. The second-order valence-corrected chi connectivity index (χ2v) is 9.45. The van der Waals surface area contributed by atoms with Crippen LogP contribution in [0.4, 0.5) is 0 Å². The van der Waals surface area contributed by atoms with Gasteiger partial charge in [-0.3, -0.25) is 14.3 Å². The van der Waals surface area contributed by atoms with E-state index in [1.54, 1.807) is 55.5 Å². The molecule has 0 bridgehead atoms. The summed E-state index contributed by atoms with van der Waals surface area (Å²) in [6, 6.07) is 17.4. The molecule has 9 heteroatoms. The van der Waals surface area contributed by atoms with Crippen LogP contribution >= 0.6 is 11.8 Å². The van der Waals surface area contributed by atoms with Crippen LogP contribution < -0.4 is 11.2 Å². The van der Waals surface area contributed by atoms with Crippen LogP contribution in [0.3, 0.4) is 0 Å². The van der Waals surface area contributed by atoms with Gasteiger partial charge in [-0.25, -0.2) is 14.4 Å². The Kier molecular flexibility index (Phi) is 7.32. The van der Waals surface area contributed by atoms with Crippen molar-refractivity contribution in [3.8, 4) is 0 Å². The lowest BCUT2D eigenvalue weighted by atomic mass is 10.0. The van der Waals surface area contributed by atoms with E-state index in [1.165, 1.54) is 22.5 Å². The third-order valence-corrected chi connectivity index (χ3v) is 7.25. The van der Waals surface area contributed by atoms with Crippen LogP contribution in [-0.4, -0.2) is 40.0 Å². The van der Waals surface area contributed by atoms with Crippen molar-refractivity contribution in [3.63, 3.8) is 0 Å². The summed E-state index contributed by atoms with van der Waals surface area (Å²) in [5.74, 6) is -1.04. The summed E-state index contributed by atoms with van der Waals surface area (Å²) in [7, 11) is 0. The van der Waals surface area contributed by atoms with Crippen LogP contribution in [0.2, 0.25) is 0 Å². The highest BCUT2D eigenvalue weighted by Crippen LogP contribution is 2.45. The zero-order chi connectivity index (χ0) is 24.1. The average molecular weight is 481 g/mol. The van der Waals surface area contributed by atoms with E-state index in [4.69, 9.17) is 9.47 Å². The number of aryl methyl sites for hydroxylation is 1. The van der Waals surface area contributed by atoms with Gasteiger partial charge < -0.3 is 9.47 Å². The van der Waals surface area contributed by atoms with E-state index in [2.05, 4.69) is 4.98 Å². The van der Waals surface area contributed by atoms with Crippen LogP contribution in [0.15, 0.2) is 76.4 Å². The fourth-order valence-electron chi connectivity index (χ4n) is 3.76. The fraction of sp³-hybridized carbons (Fsp3) is 0.280. The van der Waals surface area contributed by atoms with Gasteiger partial charge in [0.15, 0.2) is 0 Å². The van der Waals surface area contributed by atoms with Gasteiger partial charge in [0.2, 0.25) is 0 Å². The quantitative estimate of drug-likeness (QED) is 0.518. The molecule has 176 valence electrons. The minimum absolute atomic E-state index is 0.0968. The van der Waals surface area contributed by atoms with Crippen molar-refractivity contribution in [1.82, 2.24) is 9.55 Å². The lowest BCUT2D eigenvalue weighted by Crippen LogP contribution is -2.32. The van der Waals surface area contributed by atoms with Crippen molar-refractivity contribution in [2.45, 2.75) is 24.0 Å². The number of nitrogens with one attached hydrogen (secondary N) is 1. The molecular formula is C25H24N2O6S. The normalized spacial score (nSPS) is 19.5. The van der Waals surface area contributed by atoms with Crippen molar-refractivity contribution < 1.29 is 19.1 Å². The van der Waals surface area contributed by atoms with E-state index in [9.17, 15) is 19.2 Å². The largest absolute Gasteiger partial charge is 0.462 e. The molecule has 0 spiro atoms. The predicted molar refractivity (Wildman–Crippen MR) is 128 cm³/mol. The first-order valence-electron chi connectivity index (χ1n) is 10.8. The molecule has 0 unspecified atom stereocenters. The van der Waals surface area contributed by atoms with Gasteiger partial charge in [-0.2, -0.15) is 0 Å². The highest BCUT2D eigenvalue weighted by molar-refractivity contribution is 8.00. The number of aromatic nitrogens is 2. The number of esters is 2. The molecule has 2 heterocycles. The van der Waals surface area contributed by atoms with Crippen LogP contribution in [0.25, 0.3) is 0 Å². The summed E-state index contributed by atoms with van der Waals surface area (Å²) in [6.45, 7) is 1.84. The summed E-state index contributed by atoms with van der Waals surface area (Å²) in [5.41, 5.74) is 0.387. The number of aromatic amines is 1. The van der Waals surface area contributed by atoms with Gasteiger partial charge in [0.1, 0.15) is 6.61 Å². The van der Waals surface area contributed by atoms with Crippen molar-refractivity contribution >= 4 is 23.7 Å². The second kappa shape index (κ2) is 10.6.